The first-order valence-corrected chi connectivity index (χ1v) is 7.64. The van der Waals surface area contributed by atoms with E-state index in [0.717, 1.165) is 0 Å². The molecule has 0 unspecified atom stereocenters. The summed E-state index contributed by atoms with van der Waals surface area (Å²) in [6.07, 6.45) is 1.37. The zero-order valence-corrected chi connectivity index (χ0v) is 12.3. The van der Waals surface area contributed by atoms with Gasteiger partial charge in [0.05, 0.1) is 22.3 Å². The molecule has 1 aromatic carbocycles. The second kappa shape index (κ2) is 5.59. The summed E-state index contributed by atoms with van der Waals surface area (Å²) in [6.45, 7) is 0. The summed E-state index contributed by atoms with van der Waals surface area (Å²) in [5.74, 6) is -1.11. The second-order valence-electron chi connectivity index (χ2n) is 3.80. The highest BCUT2D eigenvalue weighted by Gasteiger charge is 2.15. The molecular weight excluding hydrogens is 348 g/mol. The third-order valence-electron chi connectivity index (χ3n) is 2.39. The predicted octanol–water partition coefficient (Wildman–Crippen LogP) is 2.34. The van der Waals surface area contributed by atoms with Crippen LogP contribution in [0, 0.1) is 0 Å². The van der Waals surface area contributed by atoms with Crippen LogP contribution in [0.5, 0.6) is 0 Å². The summed E-state index contributed by atoms with van der Waals surface area (Å²) in [5, 5.41) is 8.76. The molecule has 6 nitrogen and oxygen atoms in total. The van der Waals surface area contributed by atoms with Crippen molar-refractivity contribution in [3.63, 3.8) is 0 Å². The van der Waals surface area contributed by atoms with Gasteiger partial charge in [0.1, 0.15) is 4.60 Å². The van der Waals surface area contributed by atoms with Crippen molar-refractivity contribution in [1.82, 2.24) is 4.98 Å². The Kier molecular flexibility index (Phi) is 4.05. The number of sulfonamides is 1. The molecule has 2 rings (SSSR count). The zero-order chi connectivity index (χ0) is 14.8. The van der Waals surface area contributed by atoms with Crippen molar-refractivity contribution in [2.75, 3.05) is 4.72 Å². The van der Waals surface area contributed by atoms with Gasteiger partial charge in [0.2, 0.25) is 0 Å². The van der Waals surface area contributed by atoms with Crippen LogP contribution in [0.15, 0.2) is 52.1 Å². The molecule has 2 aromatic rings. The van der Waals surface area contributed by atoms with Crippen molar-refractivity contribution in [1.29, 1.82) is 0 Å². The van der Waals surface area contributed by atoms with Gasteiger partial charge in [-0.1, -0.05) is 0 Å². The number of carboxylic acid groups (broad SMARTS) is 1. The third-order valence-corrected chi connectivity index (χ3v) is 4.26. The van der Waals surface area contributed by atoms with Crippen LogP contribution in [-0.4, -0.2) is 24.5 Å². The fourth-order valence-electron chi connectivity index (χ4n) is 1.43. The normalized spacial score (nSPS) is 11.1. The quantitative estimate of drug-likeness (QED) is 0.819. The van der Waals surface area contributed by atoms with Crippen molar-refractivity contribution in [3.05, 3.63) is 52.8 Å². The highest BCUT2D eigenvalue weighted by Crippen LogP contribution is 2.17. The molecule has 20 heavy (non-hydrogen) atoms. The SMILES string of the molecule is O=C(O)c1ccc(S(=O)(=O)Nc2ccc(Br)nc2)cc1. The molecule has 0 aliphatic rings. The highest BCUT2D eigenvalue weighted by molar-refractivity contribution is 9.10. The Morgan fingerprint density at radius 1 is 1.15 bits per heavy atom. The second-order valence-corrected chi connectivity index (χ2v) is 6.30. The number of aromatic nitrogens is 1. The van der Waals surface area contributed by atoms with Crippen molar-refractivity contribution in [2.45, 2.75) is 4.90 Å². The predicted molar refractivity (Wildman–Crippen MR) is 76.1 cm³/mol. The minimum Gasteiger partial charge on any atom is -0.478 e. The number of rotatable bonds is 4. The fourth-order valence-corrected chi connectivity index (χ4v) is 2.70. The Balaban J connectivity index is 2.26. The van der Waals surface area contributed by atoms with Gasteiger partial charge in [-0.2, -0.15) is 0 Å². The number of anilines is 1. The van der Waals surface area contributed by atoms with Crippen molar-refractivity contribution in [3.8, 4) is 0 Å². The first kappa shape index (κ1) is 14.5. The summed E-state index contributed by atoms with van der Waals surface area (Å²) < 4.78 is 27.1. The molecule has 2 N–H and O–H groups in total. The summed E-state index contributed by atoms with van der Waals surface area (Å²) in [5.41, 5.74) is 0.338. The van der Waals surface area contributed by atoms with E-state index < -0.39 is 16.0 Å². The molecule has 0 spiro atoms. The number of pyridine rings is 1. The van der Waals surface area contributed by atoms with Crippen LogP contribution in [0.2, 0.25) is 0 Å². The highest BCUT2D eigenvalue weighted by atomic mass is 79.9. The van der Waals surface area contributed by atoms with Gasteiger partial charge in [-0.05, 0) is 52.3 Å². The van der Waals surface area contributed by atoms with Crippen LogP contribution in [0.3, 0.4) is 0 Å². The topological polar surface area (TPSA) is 96.4 Å². The maximum absolute atomic E-state index is 12.1. The molecule has 0 saturated heterocycles. The first-order valence-electron chi connectivity index (χ1n) is 5.36. The Labute approximate surface area is 123 Å². The first-order chi connectivity index (χ1) is 9.38. The summed E-state index contributed by atoms with van der Waals surface area (Å²) >= 11 is 3.15. The van der Waals surface area contributed by atoms with Gasteiger partial charge in [0, 0.05) is 0 Å². The van der Waals surface area contributed by atoms with Crippen LogP contribution in [0.4, 0.5) is 5.69 Å². The number of carbonyl (C=O) groups is 1. The van der Waals surface area contributed by atoms with E-state index in [2.05, 4.69) is 25.6 Å². The van der Waals surface area contributed by atoms with Crippen molar-refractivity contribution < 1.29 is 18.3 Å². The van der Waals surface area contributed by atoms with Gasteiger partial charge < -0.3 is 5.11 Å². The average Bonchev–Trinajstić information content (AvgIpc) is 2.41. The summed E-state index contributed by atoms with van der Waals surface area (Å²) in [4.78, 5) is 14.6. The van der Waals surface area contributed by atoms with Crippen LogP contribution in [0.1, 0.15) is 10.4 Å². The monoisotopic (exact) mass is 356 g/mol. The molecule has 8 heteroatoms. The third kappa shape index (κ3) is 3.34. The lowest BCUT2D eigenvalue weighted by Crippen LogP contribution is -2.13. The number of aromatic carboxylic acids is 1. The van der Waals surface area contributed by atoms with Crippen molar-refractivity contribution >= 4 is 37.6 Å². The molecule has 0 fully saturated rings. The van der Waals surface area contributed by atoms with Crippen LogP contribution in [-0.2, 0) is 10.0 Å². The van der Waals surface area contributed by atoms with Gasteiger partial charge in [0.25, 0.3) is 10.0 Å². The lowest BCUT2D eigenvalue weighted by atomic mass is 10.2. The maximum Gasteiger partial charge on any atom is 0.335 e. The van der Waals surface area contributed by atoms with Gasteiger partial charge in [0.15, 0.2) is 0 Å². The molecule has 104 valence electrons. The molecule has 0 atom stereocenters. The summed E-state index contributed by atoms with van der Waals surface area (Å²) in [6, 6.07) is 8.09. The van der Waals surface area contributed by atoms with E-state index in [1.807, 2.05) is 0 Å². The molecule has 0 saturated carbocycles. The van der Waals surface area contributed by atoms with E-state index in [1.54, 1.807) is 12.1 Å². The summed E-state index contributed by atoms with van der Waals surface area (Å²) in [7, 11) is -3.77. The molecule has 0 aliphatic heterocycles. The molecule has 1 heterocycles. The number of hydrogen-bond acceptors (Lipinski definition) is 4. The largest absolute Gasteiger partial charge is 0.478 e. The molecule has 1 aromatic heterocycles. The Bertz CT molecular complexity index is 727. The molecule has 0 radical (unpaired) electrons. The van der Waals surface area contributed by atoms with Gasteiger partial charge in [-0.3, -0.25) is 4.72 Å². The smallest absolute Gasteiger partial charge is 0.335 e. The Morgan fingerprint density at radius 3 is 2.30 bits per heavy atom. The van der Waals surface area contributed by atoms with E-state index in [0.29, 0.717) is 10.3 Å². The number of halogens is 1. The van der Waals surface area contributed by atoms with E-state index in [9.17, 15) is 13.2 Å². The molecule has 0 aliphatic carbocycles. The number of carboxylic acids is 1. The standard InChI is InChI=1S/C12H9BrN2O4S/c13-11-6-3-9(7-14-11)15-20(18,19)10-4-1-8(2-5-10)12(16)17/h1-7,15H,(H,16,17). The van der Waals surface area contributed by atoms with Crippen LogP contribution < -0.4 is 4.72 Å². The zero-order valence-electron chi connectivity index (χ0n) is 9.95. The van der Waals surface area contributed by atoms with E-state index in [4.69, 9.17) is 5.11 Å². The average molecular weight is 357 g/mol. The molecule has 0 amide bonds. The van der Waals surface area contributed by atoms with Crippen LogP contribution >= 0.6 is 15.9 Å². The maximum atomic E-state index is 12.1. The van der Waals surface area contributed by atoms with E-state index in [1.165, 1.54) is 30.5 Å². The molecule has 0 bridgehead atoms. The van der Waals surface area contributed by atoms with Crippen LogP contribution in [0.25, 0.3) is 0 Å². The number of nitrogens with zero attached hydrogens (tertiary/aromatic N) is 1. The Hall–Kier alpha value is -1.93. The minimum absolute atomic E-state index is 0.0225. The van der Waals surface area contributed by atoms with Crippen molar-refractivity contribution in [2.24, 2.45) is 0 Å². The minimum atomic E-state index is -3.77. The lowest BCUT2D eigenvalue weighted by molar-refractivity contribution is 0.0697. The van der Waals surface area contributed by atoms with Gasteiger partial charge >= 0.3 is 5.97 Å². The van der Waals surface area contributed by atoms with Gasteiger partial charge in [-0.15, -0.1) is 0 Å². The van der Waals surface area contributed by atoms with E-state index in [-0.39, 0.29) is 10.5 Å². The number of benzene rings is 1. The number of hydrogen-bond donors (Lipinski definition) is 2. The Morgan fingerprint density at radius 2 is 1.80 bits per heavy atom. The lowest BCUT2D eigenvalue weighted by Gasteiger charge is -2.07. The van der Waals surface area contributed by atoms with E-state index >= 15 is 0 Å². The van der Waals surface area contributed by atoms with Gasteiger partial charge in [-0.25, -0.2) is 18.2 Å². The number of nitrogens with one attached hydrogen (secondary N) is 1. The fraction of sp³-hybridized carbons (Fsp3) is 0. The molecular formula is C12H9BrN2O4S.